The first-order chi connectivity index (χ1) is 12.6. The van der Waals surface area contributed by atoms with Crippen LogP contribution < -0.4 is 5.32 Å². The first-order valence-corrected chi connectivity index (χ1v) is 8.83. The van der Waals surface area contributed by atoms with Crippen LogP contribution in [0.15, 0.2) is 36.5 Å². The quantitative estimate of drug-likeness (QED) is 0.775. The molecule has 1 fully saturated rings. The zero-order valence-electron chi connectivity index (χ0n) is 15.0. The molecular formula is C20H24N4O2. The number of rotatable bonds is 6. The van der Waals surface area contributed by atoms with Crippen LogP contribution in [0.25, 0.3) is 0 Å². The number of ether oxygens (including phenoxy) is 1. The summed E-state index contributed by atoms with van der Waals surface area (Å²) < 4.78 is 5.36. The Labute approximate surface area is 154 Å². The maximum atomic E-state index is 10.3. The van der Waals surface area contributed by atoms with Gasteiger partial charge in [0.05, 0.1) is 24.8 Å². The Bertz CT molecular complexity index is 764. The highest BCUT2D eigenvalue weighted by Crippen LogP contribution is 2.17. The minimum absolute atomic E-state index is 0.414. The molecule has 2 heterocycles. The number of aryl methyl sites for hydroxylation is 1. The number of aliphatic hydroxyl groups excluding tert-OH is 1. The number of nitriles is 1. The molecule has 2 aromatic rings. The smallest absolute Gasteiger partial charge is 0.130 e. The van der Waals surface area contributed by atoms with Crippen molar-refractivity contribution in [2.24, 2.45) is 0 Å². The van der Waals surface area contributed by atoms with Crippen LogP contribution in [0, 0.1) is 18.3 Å². The zero-order valence-corrected chi connectivity index (χ0v) is 15.0. The average molecular weight is 352 g/mol. The van der Waals surface area contributed by atoms with Gasteiger partial charge in [-0.25, -0.2) is 0 Å². The Morgan fingerprint density at radius 3 is 2.77 bits per heavy atom. The summed E-state index contributed by atoms with van der Waals surface area (Å²) in [7, 11) is 0. The van der Waals surface area contributed by atoms with Crippen molar-refractivity contribution >= 4 is 5.69 Å². The van der Waals surface area contributed by atoms with E-state index in [4.69, 9.17) is 10.00 Å². The van der Waals surface area contributed by atoms with Crippen LogP contribution in [0.3, 0.4) is 0 Å². The van der Waals surface area contributed by atoms with Crippen LogP contribution in [-0.2, 0) is 17.7 Å². The fraction of sp³-hybridized carbons (Fsp3) is 0.400. The second-order valence-electron chi connectivity index (χ2n) is 6.55. The standard InChI is InChI=1S/C20H24N4O2/c1-15-10-16(12-21)3-5-19(15)23-20(25)11-18-4-2-17(13-22-18)14-24-6-8-26-9-7-24/h2-5,10,13,20,23,25H,6-9,11,14H2,1H3. The molecule has 26 heavy (non-hydrogen) atoms. The molecule has 1 unspecified atom stereocenters. The van der Waals surface area contributed by atoms with Crippen LogP contribution in [0.2, 0.25) is 0 Å². The van der Waals surface area contributed by atoms with Gasteiger partial charge in [-0.1, -0.05) is 6.07 Å². The van der Waals surface area contributed by atoms with Crippen molar-refractivity contribution in [3.8, 4) is 6.07 Å². The lowest BCUT2D eigenvalue weighted by atomic mass is 10.1. The summed E-state index contributed by atoms with van der Waals surface area (Å²) in [5, 5.41) is 22.3. The number of nitrogens with one attached hydrogen (secondary N) is 1. The summed E-state index contributed by atoms with van der Waals surface area (Å²) in [6.45, 7) is 6.27. The lowest BCUT2D eigenvalue weighted by Crippen LogP contribution is -2.35. The van der Waals surface area contributed by atoms with Crippen molar-refractivity contribution in [2.45, 2.75) is 26.1 Å². The maximum absolute atomic E-state index is 10.3. The Morgan fingerprint density at radius 1 is 1.31 bits per heavy atom. The first-order valence-electron chi connectivity index (χ1n) is 8.83. The maximum Gasteiger partial charge on any atom is 0.130 e. The molecule has 1 aromatic carbocycles. The minimum Gasteiger partial charge on any atom is -0.379 e. The van der Waals surface area contributed by atoms with E-state index in [0.29, 0.717) is 12.0 Å². The van der Waals surface area contributed by atoms with E-state index in [1.807, 2.05) is 25.3 Å². The van der Waals surface area contributed by atoms with Crippen LogP contribution >= 0.6 is 0 Å². The van der Waals surface area contributed by atoms with Gasteiger partial charge >= 0.3 is 0 Å². The number of aromatic nitrogens is 1. The normalized spacial score (nSPS) is 16.0. The van der Waals surface area contributed by atoms with Crippen LogP contribution in [0.4, 0.5) is 5.69 Å². The molecule has 0 aliphatic carbocycles. The minimum atomic E-state index is -0.737. The van der Waals surface area contributed by atoms with E-state index in [-0.39, 0.29) is 0 Å². The second-order valence-corrected chi connectivity index (χ2v) is 6.55. The number of hydrogen-bond acceptors (Lipinski definition) is 6. The van der Waals surface area contributed by atoms with E-state index in [1.54, 1.807) is 12.1 Å². The van der Waals surface area contributed by atoms with E-state index in [9.17, 15) is 5.11 Å². The van der Waals surface area contributed by atoms with Crippen molar-refractivity contribution in [3.05, 3.63) is 58.9 Å². The van der Waals surface area contributed by atoms with E-state index in [1.165, 1.54) is 5.56 Å². The van der Waals surface area contributed by atoms with Gasteiger partial charge in [-0.15, -0.1) is 0 Å². The van der Waals surface area contributed by atoms with Crippen molar-refractivity contribution in [2.75, 3.05) is 31.6 Å². The summed E-state index contributed by atoms with van der Waals surface area (Å²) in [5.41, 5.74) is 4.36. The van der Waals surface area contributed by atoms with Gasteiger partial charge in [-0.3, -0.25) is 9.88 Å². The number of morpholine rings is 1. The van der Waals surface area contributed by atoms with E-state index >= 15 is 0 Å². The third-order valence-corrected chi connectivity index (χ3v) is 4.48. The second kappa shape index (κ2) is 8.77. The number of benzene rings is 1. The molecule has 6 nitrogen and oxygen atoms in total. The number of aliphatic hydroxyl groups is 1. The first kappa shape index (κ1) is 18.3. The highest BCUT2D eigenvalue weighted by Gasteiger charge is 2.12. The molecule has 0 saturated carbocycles. The molecule has 6 heteroatoms. The van der Waals surface area contributed by atoms with E-state index in [2.05, 4.69) is 27.3 Å². The van der Waals surface area contributed by atoms with Crippen LogP contribution in [0.5, 0.6) is 0 Å². The highest BCUT2D eigenvalue weighted by atomic mass is 16.5. The molecule has 1 atom stereocenters. The average Bonchev–Trinajstić information content (AvgIpc) is 2.66. The molecule has 2 N–H and O–H groups in total. The number of hydrogen-bond donors (Lipinski definition) is 2. The highest BCUT2D eigenvalue weighted by molar-refractivity contribution is 5.54. The van der Waals surface area contributed by atoms with Gasteiger partial charge in [0.1, 0.15) is 6.23 Å². The van der Waals surface area contributed by atoms with Gasteiger partial charge in [0.2, 0.25) is 0 Å². The third kappa shape index (κ3) is 5.02. The molecule has 0 amide bonds. The number of nitrogens with zero attached hydrogens (tertiary/aromatic N) is 3. The number of pyridine rings is 1. The van der Waals surface area contributed by atoms with Crippen molar-refractivity contribution < 1.29 is 9.84 Å². The van der Waals surface area contributed by atoms with E-state index in [0.717, 1.165) is 49.8 Å². The Morgan fingerprint density at radius 2 is 2.12 bits per heavy atom. The molecule has 3 rings (SSSR count). The predicted octanol–water partition coefficient (Wildman–Crippen LogP) is 2.07. The summed E-state index contributed by atoms with van der Waals surface area (Å²) >= 11 is 0. The molecule has 1 aliphatic rings. The summed E-state index contributed by atoms with van der Waals surface area (Å²) in [5.74, 6) is 0. The largest absolute Gasteiger partial charge is 0.379 e. The molecule has 1 aliphatic heterocycles. The zero-order chi connectivity index (χ0) is 18.4. The topological polar surface area (TPSA) is 81.4 Å². The van der Waals surface area contributed by atoms with Crippen LogP contribution in [0.1, 0.15) is 22.4 Å². The van der Waals surface area contributed by atoms with Gasteiger partial charge in [0.25, 0.3) is 0 Å². The van der Waals surface area contributed by atoms with Gasteiger partial charge < -0.3 is 15.2 Å². The molecule has 0 spiro atoms. The molecule has 0 radical (unpaired) electrons. The lowest BCUT2D eigenvalue weighted by Gasteiger charge is -2.26. The van der Waals surface area contributed by atoms with Crippen molar-refractivity contribution in [3.63, 3.8) is 0 Å². The van der Waals surface area contributed by atoms with Gasteiger partial charge in [-0.2, -0.15) is 5.26 Å². The summed E-state index contributed by atoms with van der Waals surface area (Å²) in [4.78, 5) is 6.83. The summed E-state index contributed by atoms with van der Waals surface area (Å²) in [6, 6.07) is 11.5. The Balaban J connectivity index is 1.54. The van der Waals surface area contributed by atoms with Gasteiger partial charge in [-0.05, 0) is 42.3 Å². The number of anilines is 1. The van der Waals surface area contributed by atoms with Crippen molar-refractivity contribution in [1.82, 2.24) is 9.88 Å². The fourth-order valence-corrected chi connectivity index (χ4v) is 3.01. The van der Waals surface area contributed by atoms with Crippen LogP contribution in [-0.4, -0.2) is 47.5 Å². The molecule has 136 valence electrons. The SMILES string of the molecule is Cc1cc(C#N)ccc1NC(O)Cc1ccc(CN2CCOCC2)cn1. The molecule has 0 bridgehead atoms. The third-order valence-electron chi connectivity index (χ3n) is 4.48. The Kier molecular flexibility index (Phi) is 6.18. The molecular weight excluding hydrogens is 328 g/mol. The fourth-order valence-electron chi connectivity index (χ4n) is 3.01. The van der Waals surface area contributed by atoms with E-state index < -0.39 is 6.23 Å². The van der Waals surface area contributed by atoms with Gasteiger partial charge in [0.15, 0.2) is 0 Å². The monoisotopic (exact) mass is 352 g/mol. The molecule has 1 saturated heterocycles. The lowest BCUT2D eigenvalue weighted by molar-refractivity contribution is 0.0341. The predicted molar refractivity (Wildman–Crippen MR) is 99.6 cm³/mol. The Hall–Kier alpha value is -2.46. The summed E-state index contributed by atoms with van der Waals surface area (Å²) in [6.07, 6.45) is 1.56. The van der Waals surface area contributed by atoms with Crippen molar-refractivity contribution in [1.29, 1.82) is 5.26 Å². The van der Waals surface area contributed by atoms with Gasteiger partial charge in [0, 0.05) is 43.6 Å². The molecule has 1 aromatic heterocycles.